The van der Waals surface area contributed by atoms with E-state index < -0.39 is 12.5 Å². The molecule has 0 bridgehead atoms. The van der Waals surface area contributed by atoms with Crippen LogP contribution in [0.3, 0.4) is 0 Å². The van der Waals surface area contributed by atoms with Crippen LogP contribution in [0.15, 0.2) is 72.8 Å². The third kappa shape index (κ3) is 5.28. The Labute approximate surface area is 155 Å². The van der Waals surface area contributed by atoms with Gasteiger partial charge in [-0.2, -0.15) is 8.78 Å². The molecule has 3 aromatic carbocycles. The van der Waals surface area contributed by atoms with Crippen molar-refractivity contribution in [3.63, 3.8) is 0 Å². The number of aryl methyl sites for hydroxylation is 1. The summed E-state index contributed by atoms with van der Waals surface area (Å²) in [7, 11) is 0. The summed E-state index contributed by atoms with van der Waals surface area (Å²) in [6, 6.07) is 20.1. The van der Waals surface area contributed by atoms with Gasteiger partial charge < -0.3 is 14.8 Å². The maximum Gasteiger partial charge on any atom is 0.387 e. The van der Waals surface area contributed by atoms with Crippen molar-refractivity contribution < 1.29 is 23.0 Å². The summed E-state index contributed by atoms with van der Waals surface area (Å²) in [5, 5.41) is 2.70. The van der Waals surface area contributed by atoms with E-state index in [1.807, 2.05) is 31.2 Å². The highest BCUT2D eigenvalue weighted by Crippen LogP contribution is 2.24. The van der Waals surface area contributed by atoms with Crippen molar-refractivity contribution in [3.8, 4) is 17.2 Å². The summed E-state index contributed by atoms with van der Waals surface area (Å²) in [5.74, 6) is 0.846. The lowest BCUT2D eigenvalue weighted by Crippen LogP contribution is -2.12. The van der Waals surface area contributed by atoms with E-state index in [4.69, 9.17) is 4.74 Å². The summed E-state index contributed by atoms with van der Waals surface area (Å²) >= 11 is 0. The van der Waals surface area contributed by atoms with E-state index in [0.717, 1.165) is 5.56 Å². The fourth-order valence-electron chi connectivity index (χ4n) is 2.37. The number of amides is 1. The van der Waals surface area contributed by atoms with Crippen molar-refractivity contribution >= 4 is 11.6 Å². The van der Waals surface area contributed by atoms with E-state index >= 15 is 0 Å². The molecule has 27 heavy (non-hydrogen) atoms. The minimum atomic E-state index is -2.94. The molecule has 0 saturated carbocycles. The van der Waals surface area contributed by atoms with Gasteiger partial charge in [-0.3, -0.25) is 4.79 Å². The van der Waals surface area contributed by atoms with Crippen LogP contribution in [-0.2, 0) is 0 Å². The molecule has 138 valence electrons. The number of benzene rings is 3. The van der Waals surface area contributed by atoms with Crippen molar-refractivity contribution in [2.45, 2.75) is 13.5 Å². The number of nitrogens with one attached hydrogen (secondary N) is 1. The molecule has 1 amide bonds. The Balaban J connectivity index is 1.64. The zero-order chi connectivity index (χ0) is 19.2. The van der Waals surface area contributed by atoms with Crippen LogP contribution in [0.4, 0.5) is 14.5 Å². The predicted octanol–water partition coefficient (Wildman–Crippen LogP) is 5.64. The molecule has 0 unspecified atom stereocenters. The van der Waals surface area contributed by atoms with Gasteiger partial charge in [0, 0.05) is 11.3 Å². The fraction of sp³-hybridized carbons (Fsp3) is 0.0952. The first-order valence-corrected chi connectivity index (χ1v) is 8.20. The first-order chi connectivity index (χ1) is 13.0. The Morgan fingerprint density at radius 3 is 2.15 bits per heavy atom. The van der Waals surface area contributed by atoms with Gasteiger partial charge in [0.25, 0.3) is 5.91 Å². The molecule has 1 N–H and O–H groups in total. The molecule has 0 aliphatic rings. The topological polar surface area (TPSA) is 47.6 Å². The lowest BCUT2D eigenvalue weighted by atomic mass is 10.2. The summed E-state index contributed by atoms with van der Waals surface area (Å²) in [6.45, 7) is -0.944. The minimum Gasteiger partial charge on any atom is -0.457 e. The molecule has 0 saturated heterocycles. The molecule has 3 rings (SSSR count). The highest BCUT2D eigenvalue weighted by Gasteiger charge is 2.10. The van der Waals surface area contributed by atoms with E-state index in [2.05, 4.69) is 10.1 Å². The van der Waals surface area contributed by atoms with Crippen LogP contribution < -0.4 is 14.8 Å². The number of halogens is 2. The first kappa shape index (κ1) is 18.4. The molecule has 0 aliphatic carbocycles. The van der Waals surface area contributed by atoms with Crippen molar-refractivity contribution in [1.29, 1.82) is 0 Å². The molecule has 6 heteroatoms. The van der Waals surface area contributed by atoms with Gasteiger partial charge in [-0.1, -0.05) is 23.8 Å². The monoisotopic (exact) mass is 369 g/mol. The zero-order valence-electron chi connectivity index (χ0n) is 14.5. The number of carbonyl (C=O) groups is 1. The molecular formula is C21H17F2NO3. The van der Waals surface area contributed by atoms with E-state index in [9.17, 15) is 13.6 Å². The normalized spacial score (nSPS) is 10.5. The third-order valence-corrected chi connectivity index (χ3v) is 3.69. The fourth-order valence-corrected chi connectivity index (χ4v) is 2.37. The molecule has 0 heterocycles. The van der Waals surface area contributed by atoms with Gasteiger partial charge in [-0.15, -0.1) is 0 Å². The Morgan fingerprint density at radius 2 is 1.52 bits per heavy atom. The summed E-state index contributed by atoms with van der Waals surface area (Å²) in [5.41, 5.74) is 1.91. The van der Waals surface area contributed by atoms with Crippen molar-refractivity contribution in [3.05, 3.63) is 83.9 Å². The molecule has 3 aromatic rings. The first-order valence-electron chi connectivity index (χ1n) is 8.20. The molecule has 0 aliphatic heterocycles. The van der Waals surface area contributed by atoms with Gasteiger partial charge in [0.05, 0.1) is 0 Å². The van der Waals surface area contributed by atoms with Crippen LogP contribution in [0.5, 0.6) is 17.2 Å². The molecule has 4 nitrogen and oxygen atoms in total. The van der Waals surface area contributed by atoms with Crippen LogP contribution in [0.2, 0.25) is 0 Å². The van der Waals surface area contributed by atoms with Gasteiger partial charge in [0.2, 0.25) is 0 Å². The Hall–Kier alpha value is -3.41. The smallest absolute Gasteiger partial charge is 0.387 e. The number of alkyl halides is 2. The van der Waals surface area contributed by atoms with Gasteiger partial charge in [-0.05, 0) is 61.5 Å². The number of rotatable bonds is 6. The maximum atomic E-state index is 12.3. The van der Waals surface area contributed by atoms with E-state index in [1.165, 1.54) is 24.3 Å². The summed E-state index contributed by atoms with van der Waals surface area (Å²) < 4.78 is 34.6. The molecule has 0 aromatic heterocycles. The average Bonchev–Trinajstić information content (AvgIpc) is 2.65. The van der Waals surface area contributed by atoms with Gasteiger partial charge in [-0.25, -0.2) is 0 Å². The molecule has 0 fully saturated rings. The van der Waals surface area contributed by atoms with Crippen LogP contribution in [0.1, 0.15) is 15.9 Å². The number of ether oxygens (including phenoxy) is 2. The molecular weight excluding hydrogens is 352 g/mol. The number of hydrogen-bond acceptors (Lipinski definition) is 3. The SMILES string of the molecule is Cc1ccc(Oc2ccc(NC(=O)c3cccc(OC(F)F)c3)cc2)cc1. The van der Waals surface area contributed by atoms with Gasteiger partial charge in [0.1, 0.15) is 17.2 Å². The zero-order valence-corrected chi connectivity index (χ0v) is 14.5. The van der Waals surface area contributed by atoms with E-state index in [0.29, 0.717) is 17.2 Å². The number of anilines is 1. The highest BCUT2D eigenvalue weighted by molar-refractivity contribution is 6.04. The Bertz CT molecular complexity index is 909. The minimum absolute atomic E-state index is 0.0699. The van der Waals surface area contributed by atoms with E-state index in [1.54, 1.807) is 24.3 Å². The van der Waals surface area contributed by atoms with Crippen molar-refractivity contribution in [2.75, 3.05) is 5.32 Å². The number of hydrogen-bond donors (Lipinski definition) is 1. The standard InChI is InChI=1S/C21H17F2NO3/c1-14-5-9-17(10-6-14)26-18-11-7-16(8-12-18)24-20(25)15-3-2-4-19(13-15)27-21(22)23/h2-13,21H,1H3,(H,24,25). The average molecular weight is 369 g/mol. The largest absolute Gasteiger partial charge is 0.457 e. The van der Waals surface area contributed by atoms with Crippen LogP contribution in [-0.4, -0.2) is 12.5 Å². The van der Waals surface area contributed by atoms with Gasteiger partial charge in [0.15, 0.2) is 0 Å². The predicted molar refractivity (Wildman–Crippen MR) is 98.7 cm³/mol. The van der Waals surface area contributed by atoms with E-state index in [-0.39, 0.29) is 11.3 Å². The molecule has 0 atom stereocenters. The Kier molecular flexibility index (Phi) is 5.66. The second-order valence-corrected chi connectivity index (χ2v) is 5.80. The molecule has 0 spiro atoms. The van der Waals surface area contributed by atoms with Gasteiger partial charge >= 0.3 is 6.61 Å². The van der Waals surface area contributed by atoms with Crippen LogP contribution >= 0.6 is 0 Å². The second kappa shape index (κ2) is 8.31. The Morgan fingerprint density at radius 1 is 0.889 bits per heavy atom. The molecule has 0 radical (unpaired) electrons. The highest BCUT2D eigenvalue weighted by atomic mass is 19.3. The lowest BCUT2D eigenvalue weighted by molar-refractivity contribution is -0.0498. The van der Waals surface area contributed by atoms with Crippen molar-refractivity contribution in [1.82, 2.24) is 0 Å². The van der Waals surface area contributed by atoms with Crippen molar-refractivity contribution in [2.24, 2.45) is 0 Å². The number of carbonyl (C=O) groups excluding carboxylic acids is 1. The lowest BCUT2D eigenvalue weighted by Gasteiger charge is -2.09. The summed E-state index contributed by atoms with van der Waals surface area (Å²) in [6.07, 6.45) is 0. The quantitative estimate of drug-likeness (QED) is 0.612. The summed E-state index contributed by atoms with van der Waals surface area (Å²) in [4.78, 5) is 12.3. The maximum absolute atomic E-state index is 12.3. The third-order valence-electron chi connectivity index (χ3n) is 3.69. The second-order valence-electron chi connectivity index (χ2n) is 5.80. The van der Waals surface area contributed by atoms with Crippen LogP contribution in [0, 0.1) is 6.92 Å². The van der Waals surface area contributed by atoms with Crippen LogP contribution in [0.25, 0.3) is 0 Å².